The number of nitrogens with zero attached hydrogens (tertiary/aromatic N) is 1. The van der Waals surface area contributed by atoms with Crippen LogP contribution >= 0.6 is 0 Å². The summed E-state index contributed by atoms with van der Waals surface area (Å²) in [5.74, 6) is 0. The molecule has 0 atom stereocenters. The van der Waals surface area contributed by atoms with Crippen LogP contribution in [0, 0.1) is 6.92 Å². The molecule has 0 aliphatic rings. The van der Waals surface area contributed by atoms with Crippen molar-refractivity contribution in [3.05, 3.63) is 30.0 Å². The second-order valence-electron chi connectivity index (χ2n) is 3.29. The van der Waals surface area contributed by atoms with Gasteiger partial charge in [-0.1, -0.05) is 0 Å². The third-order valence-corrected chi connectivity index (χ3v) is 2.21. The van der Waals surface area contributed by atoms with Gasteiger partial charge in [-0.3, -0.25) is 4.98 Å². The summed E-state index contributed by atoms with van der Waals surface area (Å²) in [5.41, 5.74) is 11.0. The van der Waals surface area contributed by atoms with Crippen molar-refractivity contribution in [3.63, 3.8) is 0 Å². The molecule has 1 heterocycles. The summed E-state index contributed by atoms with van der Waals surface area (Å²) < 4.78 is 0. The zero-order valence-corrected chi connectivity index (χ0v) is 8.26. The molecule has 0 saturated heterocycles. The number of benzene rings is 1. The van der Waals surface area contributed by atoms with E-state index in [9.17, 15) is 0 Å². The Hall–Kier alpha value is -1.77. The molecule has 0 fully saturated rings. The van der Waals surface area contributed by atoms with Gasteiger partial charge in [-0.05, 0) is 31.2 Å². The van der Waals surface area contributed by atoms with E-state index in [-0.39, 0.29) is 0 Å². The first kappa shape index (κ1) is 8.81. The standard InChI is InChI=1S/C11H12N3/c1-7-5-11(13-2)9-6-8(12)3-4-10(9)14-7/h3-6,12H,1-2H3,(H,13,14). The molecule has 0 aliphatic heterocycles. The van der Waals surface area contributed by atoms with Crippen LogP contribution in [-0.4, -0.2) is 12.0 Å². The first-order chi connectivity index (χ1) is 6.70. The maximum Gasteiger partial charge on any atom is 0.0727 e. The van der Waals surface area contributed by atoms with E-state index in [0.29, 0.717) is 5.69 Å². The van der Waals surface area contributed by atoms with Gasteiger partial charge in [0.2, 0.25) is 0 Å². The van der Waals surface area contributed by atoms with Crippen molar-refractivity contribution in [2.75, 3.05) is 12.4 Å². The Bertz CT molecular complexity index is 477. The number of nitrogens with one attached hydrogen (secondary N) is 2. The Kier molecular flexibility index (Phi) is 2.00. The number of rotatable bonds is 1. The Balaban J connectivity index is 2.81. The molecule has 2 aromatic rings. The van der Waals surface area contributed by atoms with E-state index in [2.05, 4.69) is 10.3 Å². The number of fused-ring (bicyclic) bond motifs is 1. The fourth-order valence-corrected chi connectivity index (χ4v) is 1.57. The van der Waals surface area contributed by atoms with E-state index >= 15 is 0 Å². The summed E-state index contributed by atoms with van der Waals surface area (Å²) in [5, 5.41) is 4.12. The number of hydrogen-bond acceptors (Lipinski definition) is 2. The average Bonchev–Trinajstić information content (AvgIpc) is 2.17. The number of pyridine rings is 1. The van der Waals surface area contributed by atoms with Crippen molar-refractivity contribution in [2.45, 2.75) is 6.92 Å². The quantitative estimate of drug-likeness (QED) is 0.743. The monoisotopic (exact) mass is 186 g/mol. The predicted octanol–water partition coefficient (Wildman–Crippen LogP) is 2.50. The van der Waals surface area contributed by atoms with E-state index in [1.54, 1.807) is 6.07 Å². The van der Waals surface area contributed by atoms with Gasteiger partial charge in [0, 0.05) is 23.8 Å². The maximum absolute atomic E-state index is 7.55. The van der Waals surface area contributed by atoms with Crippen LogP contribution in [0.4, 0.5) is 11.4 Å². The van der Waals surface area contributed by atoms with Gasteiger partial charge in [-0.2, -0.15) is 0 Å². The van der Waals surface area contributed by atoms with Gasteiger partial charge in [0.25, 0.3) is 0 Å². The van der Waals surface area contributed by atoms with Crippen LogP contribution in [0.25, 0.3) is 10.9 Å². The predicted molar refractivity (Wildman–Crippen MR) is 58.8 cm³/mol. The lowest BCUT2D eigenvalue weighted by molar-refractivity contribution is 1.25. The molecule has 0 spiro atoms. The van der Waals surface area contributed by atoms with Crippen LogP contribution in [0.3, 0.4) is 0 Å². The Morgan fingerprint density at radius 1 is 1.29 bits per heavy atom. The largest absolute Gasteiger partial charge is 0.388 e. The minimum Gasteiger partial charge on any atom is -0.388 e. The highest BCUT2D eigenvalue weighted by atomic mass is 14.8. The van der Waals surface area contributed by atoms with Crippen LogP contribution in [0.15, 0.2) is 24.3 Å². The minimum atomic E-state index is 0.514. The van der Waals surface area contributed by atoms with Gasteiger partial charge in [0.05, 0.1) is 11.2 Å². The first-order valence-electron chi connectivity index (χ1n) is 4.51. The molecule has 1 aromatic heterocycles. The fourth-order valence-electron chi connectivity index (χ4n) is 1.57. The highest BCUT2D eigenvalue weighted by Crippen LogP contribution is 2.24. The molecule has 0 saturated carbocycles. The van der Waals surface area contributed by atoms with Crippen molar-refractivity contribution in [1.82, 2.24) is 10.7 Å². The van der Waals surface area contributed by atoms with Crippen molar-refractivity contribution in [3.8, 4) is 0 Å². The second kappa shape index (κ2) is 3.18. The molecule has 2 N–H and O–H groups in total. The summed E-state index contributed by atoms with van der Waals surface area (Å²) in [6, 6.07) is 7.45. The Morgan fingerprint density at radius 2 is 2.07 bits per heavy atom. The van der Waals surface area contributed by atoms with E-state index in [0.717, 1.165) is 22.3 Å². The van der Waals surface area contributed by atoms with E-state index < -0.39 is 0 Å². The zero-order valence-electron chi connectivity index (χ0n) is 8.26. The number of anilines is 1. The third kappa shape index (κ3) is 1.37. The minimum absolute atomic E-state index is 0.514. The SMILES string of the molecule is CNc1cc(C)nc2ccc([NH])cc12. The summed E-state index contributed by atoms with van der Waals surface area (Å²) in [4.78, 5) is 4.40. The average molecular weight is 186 g/mol. The molecule has 3 nitrogen and oxygen atoms in total. The lowest BCUT2D eigenvalue weighted by atomic mass is 10.1. The van der Waals surface area contributed by atoms with E-state index in [1.807, 2.05) is 32.2 Å². The smallest absolute Gasteiger partial charge is 0.0727 e. The molecule has 0 amide bonds. The lowest BCUT2D eigenvalue weighted by Crippen LogP contribution is -1.93. The van der Waals surface area contributed by atoms with Crippen LogP contribution in [0.1, 0.15) is 5.69 Å². The summed E-state index contributed by atoms with van der Waals surface area (Å²) in [7, 11) is 1.88. The summed E-state index contributed by atoms with van der Waals surface area (Å²) in [6.07, 6.45) is 0. The Labute approximate surface area is 83.0 Å². The number of hydrogen-bond donors (Lipinski definition) is 1. The highest BCUT2D eigenvalue weighted by molar-refractivity contribution is 5.93. The van der Waals surface area contributed by atoms with Gasteiger partial charge < -0.3 is 11.1 Å². The van der Waals surface area contributed by atoms with Crippen molar-refractivity contribution >= 4 is 22.3 Å². The van der Waals surface area contributed by atoms with Crippen molar-refractivity contribution in [2.24, 2.45) is 0 Å². The van der Waals surface area contributed by atoms with Crippen LogP contribution in [0.2, 0.25) is 0 Å². The number of aromatic nitrogens is 1. The first-order valence-corrected chi connectivity index (χ1v) is 4.51. The van der Waals surface area contributed by atoms with E-state index in [4.69, 9.17) is 5.73 Å². The molecule has 0 bridgehead atoms. The van der Waals surface area contributed by atoms with Gasteiger partial charge in [-0.15, -0.1) is 0 Å². The van der Waals surface area contributed by atoms with Gasteiger partial charge in [-0.25, -0.2) is 0 Å². The van der Waals surface area contributed by atoms with Crippen LogP contribution in [0.5, 0.6) is 0 Å². The molecule has 1 aromatic carbocycles. The molecule has 14 heavy (non-hydrogen) atoms. The van der Waals surface area contributed by atoms with Gasteiger partial charge in [0.1, 0.15) is 0 Å². The molecule has 3 heteroatoms. The molecular formula is C11H12N3. The van der Waals surface area contributed by atoms with Crippen LogP contribution in [-0.2, 0) is 0 Å². The van der Waals surface area contributed by atoms with Crippen molar-refractivity contribution < 1.29 is 0 Å². The molecule has 1 radical (unpaired) electrons. The van der Waals surface area contributed by atoms with Crippen molar-refractivity contribution in [1.29, 1.82) is 0 Å². The molecular weight excluding hydrogens is 174 g/mol. The molecule has 0 unspecified atom stereocenters. The normalized spacial score (nSPS) is 10.4. The lowest BCUT2D eigenvalue weighted by Gasteiger charge is -2.07. The van der Waals surface area contributed by atoms with Gasteiger partial charge in [0.15, 0.2) is 0 Å². The Morgan fingerprint density at radius 3 is 2.79 bits per heavy atom. The topological polar surface area (TPSA) is 48.7 Å². The number of aryl methyl sites for hydroxylation is 1. The van der Waals surface area contributed by atoms with E-state index in [1.165, 1.54) is 0 Å². The highest BCUT2D eigenvalue weighted by Gasteiger charge is 2.02. The summed E-state index contributed by atoms with van der Waals surface area (Å²) >= 11 is 0. The fraction of sp³-hybridized carbons (Fsp3) is 0.182. The third-order valence-electron chi connectivity index (χ3n) is 2.21. The zero-order chi connectivity index (χ0) is 10.1. The van der Waals surface area contributed by atoms with Gasteiger partial charge >= 0.3 is 0 Å². The summed E-state index contributed by atoms with van der Waals surface area (Å²) in [6.45, 7) is 1.97. The maximum atomic E-state index is 7.55. The van der Waals surface area contributed by atoms with Crippen LogP contribution < -0.4 is 11.1 Å². The molecule has 0 aliphatic carbocycles. The molecule has 71 valence electrons. The second-order valence-corrected chi connectivity index (χ2v) is 3.29. The molecule has 2 rings (SSSR count).